The van der Waals surface area contributed by atoms with Crippen LogP contribution in [0.3, 0.4) is 0 Å². The van der Waals surface area contributed by atoms with E-state index in [9.17, 15) is 23.3 Å². The van der Waals surface area contributed by atoms with Crippen LogP contribution in [-0.2, 0) is 14.8 Å². The van der Waals surface area contributed by atoms with E-state index in [-0.39, 0.29) is 41.7 Å². The molecule has 2 aromatic rings. The lowest BCUT2D eigenvalue weighted by molar-refractivity contribution is -0.385. The van der Waals surface area contributed by atoms with Crippen LogP contribution in [-0.4, -0.2) is 38.6 Å². The quantitative estimate of drug-likeness (QED) is 0.456. The number of anilines is 1. The first-order valence-electron chi connectivity index (χ1n) is 9.64. The van der Waals surface area contributed by atoms with Crippen molar-refractivity contribution in [1.82, 2.24) is 5.32 Å². The average Bonchev–Trinajstić information content (AvgIpc) is 2.69. The summed E-state index contributed by atoms with van der Waals surface area (Å²) < 4.78 is 25.7. The van der Waals surface area contributed by atoms with Gasteiger partial charge in [-0.25, -0.2) is 8.42 Å². The van der Waals surface area contributed by atoms with E-state index in [4.69, 9.17) is 0 Å². The van der Waals surface area contributed by atoms with Crippen molar-refractivity contribution in [2.24, 2.45) is 0 Å². The first kappa shape index (κ1) is 23.3. The van der Waals surface area contributed by atoms with Crippen molar-refractivity contribution in [3.8, 4) is 0 Å². The van der Waals surface area contributed by atoms with Crippen molar-refractivity contribution in [1.29, 1.82) is 0 Å². The lowest BCUT2D eigenvalue weighted by Crippen LogP contribution is -2.33. The van der Waals surface area contributed by atoms with Gasteiger partial charge in [0, 0.05) is 25.6 Å². The zero-order valence-corrected chi connectivity index (χ0v) is 18.2. The summed E-state index contributed by atoms with van der Waals surface area (Å²) in [6.45, 7) is 4.08. The second kappa shape index (κ2) is 10.2. The summed E-state index contributed by atoms with van der Waals surface area (Å²) in [5.41, 5.74) is 1.51. The number of rotatable bonds is 10. The average molecular weight is 434 g/mol. The second-order valence-electron chi connectivity index (χ2n) is 7.23. The van der Waals surface area contributed by atoms with E-state index in [0.717, 1.165) is 16.1 Å². The normalized spacial score (nSPS) is 12.2. The van der Waals surface area contributed by atoms with E-state index in [1.165, 1.54) is 25.1 Å². The molecule has 1 N–H and O–H groups in total. The molecule has 0 aliphatic carbocycles. The smallest absolute Gasteiger partial charge is 0.274 e. The van der Waals surface area contributed by atoms with Crippen LogP contribution in [0.25, 0.3) is 0 Å². The molecule has 0 aliphatic heterocycles. The number of sulfonamides is 1. The summed E-state index contributed by atoms with van der Waals surface area (Å²) in [6.07, 6.45) is 1.50. The molecule has 162 valence electrons. The van der Waals surface area contributed by atoms with Crippen molar-refractivity contribution in [2.75, 3.05) is 23.7 Å². The van der Waals surface area contributed by atoms with Gasteiger partial charge in [0.1, 0.15) is 0 Å². The fourth-order valence-corrected chi connectivity index (χ4v) is 4.20. The van der Waals surface area contributed by atoms with Crippen molar-refractivity contribution >= 4 is 27.3 Å². The summed E-state index contributed by atoms with van der Waals surface area (Å²) in [5.74, 6) is -0.00261. The Morgan fingerprint density at radius 3 is 2.43 bits per heavy atom. The molecule has 0 aliphatic rings. The molecule has 0 aromatic heterocycles. The fraction of sp³-hybridized carbons (Fsp3) is 0.381. The Labute approximate surface area is 177 Å². The van der Waals surface area contributed by atoms with E-state index >= 15 is 0 Å². The Morgan fingerprint density at radius 2 is 1.83 bits per heavy atom. The molecule has 1 unspecified atom stereocenters. The number of amides is 1. The lowest BCUT2D eigenvalue weighted by atomic mass is 10.0. The second-order valence-corrected chi connectivity index (χ2v) is 9.14. The SMILES string of the molecule is Cc1c(N(CCCC(=O)NCC(C)c2ccccc2)S(C)(=O)=O)cccc1[N+](=O)[O-]. The number of carbonyl (C=O) groups is 1. The van der Waals surface area contributed by atoms with Gasteiger partial charge in [0.15, 0.2) is 0 Å². The molecule has 0 heterocycles. The van der Waals surface area contributed by atoms with Crippen LogP contribution in [0.5, 0.6) is 0 Å². The molecule has 8 nitrogen and oxygen atoms in total. The van der Waals surface area contributed by atoms with Crippen LogP contribution < -0.4 is 9.62 Å². The molecule has 0 saturated heterocycles. The molecule has 2 aromatic carbocycles. The van der Waals surface area contributed by atoms with Gasteiger partial charge in [-0.15, -0.1) is 0 Å². The van der Waals surface area contributed by atoms with E-state index in [2.05, 4.69) is 5.32 Å². The predicted octanol–water partition coefficient (Wildman–Crippen LogP) is 3.37. The van der Waals surface area contributed by atoms with E-state index in [1.54, 1.807) is 0 Å². The molecular weight excluding hydrogens is 406 g/mol. The number of hydrogen-bond acceptors (Lipinski definition) is 5. The number of nitro benzene ring substituents is 1. The minimum absolute atomic E-state index is 0.0580. The molecule has 9 heteroatoms. The molecule has 0 radical (unpaired) electrons. The number of benzene rings is 2. The molecule has 2 rings (SSSR count). The molecule has 0 fully saturated rings. The van der Waals surface area contributed by atoms with Gasteiger partial charge < -0.3 is 5.32 Å². The molecule has 0 saturated carbocycles. The molecule has 1 amide bonds. The first-order valence-corrected chi connectivity index (χ1v) is 11.5. The minimum atomic E-state index is -3.66. The summed E-state index contributed by atoms with van der Waals surface area (Å²) >= 11 is 0. The Kier molecular flexibility index (Phi) is 7.93. The Balaban J connectivity index is 1.97. The summed E-state index contributed by atoms with van der Waals surface area (Å²) in [6, 6.07) is 14.2. The van der Waals surface area contributed by atoms with Crippen molar-refractivity contribution in [3.05, 3.63) is 69.8 Å². The third-order valence-electron chi connectivity index (χ3n) is 4.88. The third-order valence-corrected chi connectivity index (χ3v) is 6.06. The lowest BCUT2D eigenvalue weighted by Gasteiger charge is -2.24. The zero-order valence-electron chi connectivity index (χ0n) is 17.4. The topological polar surface area (TPSA) is 110 Å². The van der Waals surface area contributed by atoms with E-state index in [0.29, 0.717) is 13.0 Å². The van der Waals surface area contributed by atoms with Gasteiger partial charge in [-0.1, -0.05) is 43.3 Å². The van der Waals surface area contributed by atoms with Gasteiger partial charge in [-0.05, 0) is 30.9 Å². The number of nitrogens with one attached hydrogen (secondary N) is 1. The van der Waals surface area contributed by atoms with Crippen LogP contribution in [0.4, 0.5) is 11.4 Å². The highest BCUT2D eigenvalue weighted by Crippen LogP contribution is 2.30. The third kappa shape index (κ3) is 6.28. The van der Waals surface area contributed by atoms with Gasteiger partial charge in [-0.3, -0.25) is 19.2 Å². The highest BCUT2D eigenvalue weighted by molar-refractivity contribution is 7.92. The number of nitrogens with zero attached hydrogens (tertiary/aromatic N) is 2. The van der Waals surface area contributed by atoms with Crippen molar-refractivity contribution in [3.63, 3.8) is 0 Å². The van der Waals surface area contributed by atoms with Crippen molar-refractivity contribution < 1.29 is 18.1 Å². The fourth-order valence-electron chi connectivity index (χ4n) is 3.18. The van der Waals surface area contributed by atoms with Crippen molar-refractivity contribution in [2.45, 2.75) is 32.6 Å². The largest absolute Gasteiger partial charge is 0.356 e. The number of carbonyl (C=O) groups excluding carboxylic acids is 1. The van der Waals surface area contributed by atoms with E-state index < -0.39 is 14.9 Å². The molecule has 1 atom stereocenters. The van der Waals surface area contributed by atoms with Crippen LogP contribution in [0.15, 0.2) is 48.5 Å². The highest BCUT2D eigenvalue weighted by atomic mass is 32.2. The summed E-state index contributed by atoms with van der Waals surface area (Å²) in [7, 11) is -3.66. The van der Waals surface area contributed by atoms with Gasteiger partial charge in [0.25, 0.3) is 5.69 Å². The Bertz CT molecular complexity index is 993. The van der Waals surface area contributed by atoms with Gasteiger partial charge in [0.2, 0.25) is 15.9 Å². The molecule has 0 spiro atoms. The van der Waals surface area contributed by atoms with Crippen LogP contribution in [0, 0.1) is 17.0 Å². The maximum absolute atomic E-state index is 12.3. The molecular formula is C21H27N3O5S. The van der Waals surface area contributed by atoms with Gasteiger partial charge in [-0.2, -0.15) is 0 Å². The van der Waals surface area contributed by atoms with Crippen LogP contribution in [0.2, 0.25) is 0 Å². The monoisotopic (exact) mass is 433 g/mol. The summed E-state index contributed by atoms with van der Waals surface area (Å²) in [5, 5.41) is 14.0. The predicted molar refractivity (Wildman–Crippen MR) is 117 cm³/mol. The Hall–Kier alpha value is -2.94. The van der Waals surface area contributed by atoms with Crippen LogP contribution >= 0.6 is 0 Å². The first-order chi connectivity index (χ1) is 14.1. The Morgan fingerprint density at radius 1 is 1.17 bits per heavy atom. The molecule has 30 heavy (non-hydrogen) atoms. The maximum Gasteiger partial charge on any atom is 0.274 e. The van der Waals surface area contributed by atoms with Gasteiger partial charge in [0.05, 0.1) is 22.4 Å². The standard InChI is InChI=1S/C21H27N3O5S/c1-16(18-9-5-4-6-10-18)15-22-21(25)13-8-14-23(30(3,28)29)19-11-7-12-20(17(19)2)24(26)27/h4-7,9-12,16H,8,13-15H2,1-3H3,(H,22,25). The van der Waals surface area contributed by atoms with E-state index in [1.807, 2.05) is 37.3 Å². The number of hydrogen-bond donors (Lipinski definition) is 1. The van der Waals surface area contributed by atoms with Crippen LogP contribution in [0.1, 0.15) is 36.8 Å². The maximum atomic E-state index is 12.3. The molecule has 0 bridgehead atoms. The highest BCUT2D eigenvalue weighted by Gasteiger charge is 2.23. The number of nitro groups is 1. The minimum Gasteiger partial charge on any atom is -0.356 e. The summed E-state index contributed by atoms with van der Waals surface area (Å²) in [4.78, 5) is 22.8. The zero-order chi connectivity index (χ0) is 22.3. The van der Waals surface area contributed by atoms with Gasteiger partial charge >= 0.3 is 0 Å².